The van der Waals surface area contributed by atoms with Gasteiger partial charge >= 0.3 is 0 Å². The summed E-state index contributed by atoms with van der Waals surface area (Å²) in [6.07, 6.45) is 1.99. The van der Waals surface area contributed by atoms with Crippen LogP contribution in [0.1, 0.15) is 51.3 Å². The van der Waals surface area contributed by atoms with Gasteiger partial charge in [-0.25, -0.2) is 0 Å². The Morgan fingerprint density at radius 1 is 1.25 bits per heavy atom. The molecule has 1 heterocycles. The van der Waals surface area contributed by atoms with Crippen molar-refractivity contribution in [1.29, 1.82) is 0 Å². The molecule has 0 amide bonds. The van der Waals surface area contributed by atoms with Gasteiger partial charge in [0.25, 0.3) is 0 Å². The van der Waals surface area contributed by atoms with Gasteiger partial charge in [-0.3, -0.25) is 0 Å². The second kappa shape index (κ2) is 5.47. The molecule has 0 spiro atoms. The summed E-state index contributed by atoms with van der Waals surface area (Å²) in [5.74, 6) is -1.24. The van der Waals surface area contributed by atoms with Crippen LogP contribution in [0.3, 0.4) is 0 Å². The highest BCUT2D eigenvalue weighted by molar-refractivity contribution is 5.35. The molecule has 2 N–H and O–H groups in total. The van der Waals surface area contributed by atoms with Crippen molar-refractivity contribution in [2.45, 2.75) is 64.8 Å². The van der Waals surface area contributed by atoms with E-state index in [4.69, 9.17) is 4.74 Å². The minimum absolute atomic E-state index is 0.109. The highest BCUT2D eigenvalue weighted by Crippen LogP contribution is 2.33. The van der Waals surface area contributed by atoms with Crippen LogP contribution >= 0.6 is 0 Å². The zero-order chi connectivity index (χ0) is 15.0. The quantitative estimate of drug-likeness (QED) is 0.892. The number of aliphatic hydroxyl groups is 1. The first kappa shape index (κ1) is 15.5. The molecule has 1 aliphatic rings. The van der Waals surface area contributed by atoms with Gasteiger partial charge in [-0.2, -0.15) is 0 Å². The van der Waals surface area contributed by atoms with Gasteiger partial charge in [-0.15, -0.1) is 0 Å². The normalized spacial score (nSPS) is 29.4. The van der Waals surface area contributed by atoms with Crippen LogP contribution in [-0.4, -0.2) is 23.3 Å². The summed E-state index contributed by atoms with van der Waals surface area (Å²) in [6, 6.07) is 6.05. The Labute approximate surface area is 122 Å². The van der Waals surface area contributed by atoms with E-state index in [1.165, 1.54) is 11.1 Å². The van der Waals surface area contributed by atoms with Crippen LogP contribution in [-0.2, 0) is 23.4 Å². The fourth-order valence-corrected chi connectivity index (χ4v) is 3.00. The number of morpholine rings is 1. The second-order valence-corrected chi connectivity index (χ2v) is 6.43. The summed E-state index contributed by atoms with van der Waals surface area (Å²) in [7, 11) is 0. The van der Waals surface area contributed by atoms with Gasteiger partial charge in [-0.1, -0.05) is 32.0 Å². The van der Waals surface area contributed by atoms with Crippen LogP contribution in [0, 0.1) is 0 Å². The molecule has 0 aromatic heterocycles. The predicted molar refractivity (Wildman–Crippen MR) is 81.7 cm³/mol. The molecule has 0 radical (unpaired) electrons. The second-order valence-electron chi connectivity index (χ2n) is 6.43. The van der Waals surface area contributed by atoms with Gasteiger partial charge in [0.1, 0.15) is 0 Å². The summed E-state index contributed by atoms with van der Waals surface area (Å²) in [5, 5.41) is 14.4. The fraction of sp³-hybridized carbons (Fsp3) is 0.647. The Morgan fingerprint density at radius 2 is 1.90 bits per heavy atom. The Bertz CT molecular complexity index is 484. The third-order valence-electron chi connectivity index (χ3n) is 4.23. The standard InChI is InChI=1S/C17H27NO2/c1-6-13-8-9-15(10-14(13)7-2)17(19)12(3)18-16(4,5)11-20-17/h8-10,12,18-19H,6-7,11H2,1-5H3. The number of hydrogen-bond acceptors (Lipinski definition) is 3. The summed E-state index contributed by atoms with van der Waals surface area (Å²) in [4.78, 5) is 0. The van der Waals surface area contributed by atoms with E-state index in [1.807, 2.05) is 13.0 Å². The maximum absolute atomic E-state index is 10.9. The van der Waals surface area contributed by atoms with E-state index in [2.05, 4.69) is 45.1 Å². The maximum atomic E-state index is 10.9. The lowest BCUT2D eigenvalue weighted by Gasteiger charge is -2.46. The van der Waals surface area contributed by atoms with Crippen molar-refractivity contribution in [2.75, 3.05) is 6.61 Å². The average Bonchev–Trinajstić information content (AvgIpc) is 2.42. The first-order chi connectivity index (χ1) is 9.32. The lowest BCUT2D eigenvalue weighted by molar-refractivity contribution is -0.263. The largest absolute Gasteiger partial charge is 0.361 e. The molecule has 0 saturated carbocycles. The smallest absolute Gasteiger partial charge is 0.208 e. The Kier molecular flexibility index (Phi) is 4.24. The van der Waals surface area contributed by atoms with Crippen LogP contribution in [0.4, 0.5) is 0 Å². The summed E-state index contributed by atoms with van der Waals surface area (Å²) < 4.78 is 5.85. The predicted octanol–water partition coefficient (Wildman–Crippen LogP) is 2.74. The van der Waals surface area contributed by atoms with E-state index in [1.54, 1.807) is 0 Å². The van der Waals surface area contributed by atoms with E-state index in [9.17, 15) is 5.11 Å². The van der Waals surface area contributed by atoms with E-state index < -0.39 is 5.79 Å². The first-order valence-corrected chi connectivity index (χ1v) is 7.58. The summed E-state index contributed by atoms with van der Waals surface area (Å²) in [5.41, 5.74) is 3.38. The molecule has 1 fully saturated rings. The van der Waals surface area contributed by atoms with Crippen LogP contribution in [0.25, 0.3) is 0 Å². The third kappa shape index (κ3) is 2.76. The fourth-order valence-electron chi connectivity index (χ4n) is 3.00. The van der Waals surface area contributed by atoms with Crippen LogP contribution < -0.4 is 5.32 Å². The summed E-state index contributed by atoms with van der Waals surface area (Å²) in [6.45, 7) is 10.9. The topological polar surface area (TPSA) is 41.5 Å². The zero-order valence-corrected chi connectivity index (χ0v) is 13.3. The minimum Gasteiger partial charge on any atom is -0.361 e. The van der Waals surface area contributed by atoms with Crippen LogP contribution in [0.2, 0.25) is 0 Å². The van der Waals surface area contributed by atoms with Crippen molar-refractivity contribution >= 4 is 0 Å². The molecule has 20 heavy (non-hydrogen) atoms. The van der Waals surface area contributed by atoms with E-state index in [-0.39, 0.29) is 11.6 Å². The Balaban J connectivity index is 2.35. The molecule has 1 saturated heterocycles. The molecule has 2 atom stereocenters. The Hall–Kier alpha value is -0.900. The third-order valence-corrected chi connectivity index (χ3v) is 4.23. The molecule has 0 bridgehead atoms. The van der Waals surface area contributed by atoms with Gasteiger partial charge in [-0.05, 0) is 44.7 Å². The van der Waals surface area contributed by atoms with Gasteiger partial charge in [0, 0.05) is 11.1 Å². The molecular weight excluding hydrogens is 250 g/mol. The SMILES string of the molecule is CCc1ccc(C2(O)OCC(C)(C)NC2C)cc1CC. The van der Waals surface area contributed by atoms with Crippen molar-refractivity contribution in [1.82, 2.24) is 5.32 Å². The molecule has 2 rings (SSSR count). The van der Waals surface area contributed by atoms with E-state index in [0.717, 1.165) is 18.4 Å². The van der Waals surface area contributed by atoms with E-state index >= 15 is 0 Å². The van der Waals surface area contributed by atoms with Crippen molar-refractivity contribution in [3.05, 3.63) is 34.9 Å². The average molecular weight is 277 g/mol. The molecule has 2 unspecified atom stereocenters. The van der Waals surface area contributed by atoms with Crippen molar-refractivity contribution in [2.24, 2.45) is 0 Å². The summed E-state index contributed by atoms with van der Waals surface area (Å²) >= 11 is 0. The van der Waals surface area contributed by atoms with E-state index in [0.29, 0.717) is 6.61 Å². The molecular formula is C17H27NO2. The number of aryl methyl sites for hydroxylation is 2. The molecule has 112 valence electrons. The number of ether oxygens (including phenoxy) is 1. The highest BCUT2D eigenvalue weighted by atomic mass is 16.6. The first-order valence-electron chi connectivity index (χ1n) is 7.58. The molecule has 1 aromatic carbocycles. The molecule has 1 aliphatic heterocycles. The van der Waals surface area contributed by atoms with Crippen molar-refractivity contribution in [3.8, 4) is 0 Å². The van der Waals surface area contributed by atoms with Crippen LogP contribution in [0.5, 0.6) is 0 Å². The van der Waals surface area contributed by atoms with Gasteiger partial charge in [0.05, 0.1) is 12.6 Å². The van der Waals surface area contributed by atoms with Crippen molar-refractivity contribution in [3.63, 3.8) is 0 Å². The molecule has 3 heteroatoms. The lowest BCUT2D eigenvalue weighted by atomic mass is 9.90. The van der Waals surface area contributed by atoms with Crippen molar-refractivity contribution < 1.29 is 9.84 Å². The maximum Gasteiger partial charge on any atom is 0.208 e. The Morgan fingerprint density at radius 3 is 2.45 bits per heavy atom. The monoisotopic (exact) mass is 277 g/mol. The number of hydrogen-bond donors (Lipinski definition) is 2. The lowest BCUT2D eigenvalue weighted by Crippen LogP contribution is -2.63. The van der Waals surface area contributed by atoms with Gasteiger partial charge < -0.3 is 15.2 Å². The number of rotatable bonds is 3. The van der Waals surface area contributed by atoms with Crippen LogP contribution in [0.15, 0.2) is 18.2 Å². The van der Waals surface area contributed by atoms with Gasteiger partial charge in [0.15, 0.2) is 0 Å². The number of benzene rings is 1. The number of nitrogens with one attached hydrogen (secondary N) is 1. The molecule has 0 aliphatic carbocycles. The van der Waals surface area contributed by atoms with Gasteiger partial charge in [0.2, 0.25) is 5.79 Å². The molecule has 3 nitrogen and oxygen atoms in total. The minimum atomic E-state index is -1.24. The molecule has 1 aromatic rings. The highest BCUT2D eigenvalue weighted by Gasteiger charge is 2.44. The zero-order valence-electron chi connectivity index (χ0n) is 13.3.